The molecular weight excluding hydrogens is 310 g/mol. The number of carbonyl (C=O) groups excluding carboxylic acids is 1. The molecule has 5 nitrogen and oxygen atoms in total. The monoisotopic (exact) mass is 329 g/mol. The van der Waals surface area contributed by atoms with E-state index in [-0.39, 0.29) is 5.91 Å². The van der Waals surface area contributed by atoms with Crippen molar-refractivity contribution in [3.63, 3.8) is 0 Å². The summed E-state index contributed by atoms with van der Waals surface area (Å²) in [6, 6.07) is 5.90. The highest BCUT2D eigenvalue weighted by molar-refractivity contribution is 7.14. The molecule has 120 valence electrons. The van der Waals surface area contributed by atoms with Crippen molar-refractivity contribution in [2.45, 2.75) is 19.3 Å². The van der Waals surface area contributed by atoms with E-state index in [0.29, 0.717) is 5.82 Å². The van der Waals surface area contributed by atoms with Crippen LogP contribution in [-0.4, -0.2) is 37.2 Å². The number of hydrogen-bond donors (Lipinski definition) is 1. The van der Waals surface area contributed by atoms with Gasteiger partial charge >= 0.3 is 0 Å². The van der Waals surface area contributed by atoms with Gasteiger partial charge in [-0.2, -0.15) is 0 Å². The molecular formula is C17H19N3O2S. The van der Waals surface area contributed by atoms with Crippen LogP contribution < -0.4 is 10.2 Å². The number of carbonyl (C=O) groups is 1. The Labute approximate surface area is 139 Å². The minimum absolute atomic E-state index is 0.0592. The van der Waals surface area contributed by atoms with Crippen molar-refractivity contribution < 1.29 is 9.53 Å². The number of fused-ring (bicyclic) bond motifs is 1. The number of nitrogens with zero attached hydrogens (tertiary/aromatic N) is 2. The van der Waals surface area contributed by atoms with Crippen molar-refractivity contribution >= 4 is 28.7 Å². The number of ether oxygens (including phenoxy) is 1. The Balaban J connectivity index is 1.42. The standard InChI is InChI=1S/C17H19N3O2S/c21-17(15-10-12-2-1-3-14(12)23-15)19-16-5-4-13(11-18-16)20-6-8-22-9-7-20/h4-5,10-11H,1-3,6-9H2,(H,18,19,21). The Morgan fingerprint density at radius 2 is 2.13 bits per heavy atom. The van der Waals surface area contributed by atoms with Crippen LogP contribution in [0.1, 0.15) is 26.5 Å². The van der Waals surface area contributed by atoms with Crippen LogP contribution >= 0.6 is 11.3 Å². The van der Waals surface area contributed by atoms with Gasteiger partial charge in [-0.3, -0.25) is 4.79 Å². The number of morpholine rings is 1. The maximum Gasteiger partial charge on any atom is 0.266 e. The molecule has 1 aliphatic heterocycles. The topological polar surface area (TPSA) is 54.5 Å². The van der Waals surface area contributed by atoms with Crippen LogP contribution in [0.2, 0.25) is 0 Å². The van der Waals surface area contributed by atoms with Gasteiger partial charge in [-0.05, 0) is 43.0 Å². The molecule has 0 bridgehead atoms. The molecule has 1 saturated heterocycles. The van der Waals surface area contributed by atoms with Gasteiger partial charge < -0.3 is 15.0 Å². The van der Waals surface area contributed by atoms with Crippen molar-refractivity contribution in [2.24, 2.45) is 0 Å². The van der Waals surface area contributed by atoms with E-state index in [0.717, 1.165) is 49.7 Å². The third kappa shape index (κ3) is 3.09. The first kappa shape index (κ1) is 14.7. The molecule has 2 aromatic rings. The van der Waals surface area contributed by atoms with E-state index in [1.807, 2.05) is 24.4 Å². The lowest BCUT2D eigenvalue weighted by molar-refractivity contribution is 0.103. The summed E-state index contributed by atoms with van der Waals surface area (Å²) in [5, 5.41) is 2.89. The lowest BCUT2D eigenvalue weighted by Crippen LogP contribution is -2.36. The smallest absolute Gasteiger partial charge is 0.266 e. The maximum atomic E-state index is 12.3. The van der Waals surface area contributed by atoms with Gasteiger partial charge in [0.15, 0.2) is 0 Å². The van der Waals surface area contributed by atoms with Crippen molar-refractivity contribution in [2.75, 3.05) is 36.5 Å². The van der Waals surface area contributed by atoms with E-state index in [2.05, 4.69) is 15.2 Å². The Morgan fingerprint density at radius 3 is 2.87 bits per heavy atom. The van der Waals surface area contributed by atoms with Crippen LogP contribution in [0.5, 0.6) is 0 Å². The molecule has 1 aliphatic carbocycles. The lowest BCUT2D eigenvalue weighted by Gasteiger charge is -2.28. The SMILES string of the molecule is O=C(Nc1ccc(N2CCOCC2)cn1)c1cc2c(s1)CCC2. The van der Waals surface area contributed by atoms with Crippen LogP contribution in [0.15, 0.2) is 24.4 Å². The highest BCUT2D eigenvalue weighted by Crippen LogP contribution is 2.31. The number of anilines is 2. The molecule has 0 aromatic carbocycles. The predicted molar refractivity (Wildman–Crippen MR) is 91.6 cm³/mol. The first-order valence-electron chi connectivity index (χ1n) is 8.01. The number of aryl methyl sites for hydroxylation is 2. The zero-order valence-corrected chi connectivity index (χ0v) is 13.7. The molecule has 0 atom stereocenters. The second kappa shape index (κ2) is 6.29. The third-order valence-electron chi connectivity index (χ3n) is 4.34. The van der Waals surface area contributed by atoms with Gasteiger partial charge in [0, 0.05) is 18.0 Å². The summed E-state index contributed by atoms with van der Waals surface area (Å²) < 4.78 is 5.35. The van der Waals surface area contributed by atoms with E-state index in [1.54, 1.807) is 11.3 Å². The summed E-state index contributed by atoms with van der Waals surface area (Å²) in [7, 11) is 0. The zero-order valence-electron chi connectivity index (χ0n) is 12.9. The van der Waals surface area contributed by atoms with E-state index >= 15 is 0 Å². The van der Waals surface area contributed by atoms with E-state index in [9.17, 15) is 4.79 Å². The highest BCUT2D eigenvalue weighted by atomic mass is 32.1. The van der Waals surface area contributed by atoms with Gasteiger partial charge in [0.05, 0.1) is 30.0 Å². The summed E-state index contributed by atoms with van der Waals surface area (Å²) in [4.78, 5) is 21.1. The van der Waals surface area contributed by atoms with Crippen LogP contribution in [0.25, 0.3) is 0 Å². The minimum Gasteiger partial charge on any atom is -0.378 e. The first-order chi connectivity index (χ1) is 11.3. The molecule has 0 radical (unpaired) electrons. The van der Waals surface area contributed by atoms with Crippen LogP contribution in [0, 0.1) is 0 Å². The fourth-order valence-corrected chi connectivity index (χ4v) is 4.24. The molecule has 23 heavy (non-hydrogen) atoms. The lowest BCUT2D eigenvalue weighted by atomic mass is 10.2. The van der Waals surface area contributed by atoms with Gasteiger partial charge in [0.1, 0.15) is 5.82 Å². The van der Waals surface area contributed by atoms with E-state index in [4.69, 9.17) is 4.74 Å². The summed E-state index contributed by atoms with van der Waals surface area (Å²) >= 11 is 1.61. The molecule has 1 amide bonds. The highest BCUT2D eigenvalue weighted by Gasteiger charge is 2.19. The van der Waals surface area contributed by atoms with Crippen molar-refractivity contribution in [3.05, 3.63) is 39.7 Å². The van der Waals surface area contributed by atoms with Gasteiger partial charge in [0.2, 0.25) is 0 Å². The number of rotatable bonds is 3. The van der Waals surface area contributed by atoms with E-state index < -0.39 is 0 Å². The summed E-state index contributed by atoms with van der Waals surface area (Å²) in [5.41, 5.74) is 2.41. The number of aromatic nitrogens is 1. The Morgan fingerprint density at radius 1 is 1.26 bits per heavy atom. The molecule has 0 unspecified atom stereocenters. The normalized spacial score (nSPS) is 17.1. The number of hydrogen-bond acceptors (Lipinski definition) is 5. The van der Waals surface area contributed by atoms with Crippen molar-refractivity contribution in [1.29, 1.82) is 0 Å². The molecule has 3 heterocycles. The molecule has 4 rings (SSSR count). The average molecular weight is 329 g/mol. The predicted octanol–water partition coefficient (Wildman–Crippen LogP) is 2.72. The third-order valence-corrected chi connectivity index (χ3v) is 5.57. The molecule has 2 aromatic heterocycles. The fraction of sp³-hybridized carbons (Fsp3) is 0.412. The van der Waals surface area contributed by atoms with Crippen LogP contribution in [0.4, 0.5) is 11.5 Å². The largest absolute Gasteiger partial charge is 0.378 e. The Hall–Kier alpha value is -1.92. The van der Waals surface area contributed by atoms with Gasteiger partial charge in [-0.1, -0.05) is 0 Å². The molecule has 1 fully saturated rings. The average Bonchev–Trinajstić information content (AvgIpc) is 3.18. The molecule has 0 saturated carbocycles. The molecule has 0 spiro atoms. The fourth-order valence-electron chi connectivity index (χ4n) is 3.09. The van der Waals surface area contributed by atoms with Crippen molar-refractivity contribution in [1.82, 2.24) is 4.98 Å². The maximum absolute atomic E-state index is 12.3. The Bertz CT molecular complexity index is 684. The van der Waals surface area contributed by atoms with Gasteiger partial charge in [-0.25, -0.2) is 4.98 Å². The van der Waals surface area contributed by atoms with Gasteiger partial charge in [-0.15, -0.1) is 11.3 Å². The zero-order chi connectivity index (χ0) is 15.6. The number of amides is 1. The quantitative estimate of drug-likeness (QED) is 0.941. The molecule has 6 heteroatoms. The number of thiophene rings is 1. The van der Waals surface area contributed by atoms with Gasteiger partial charge in [0.25, 0.3) is 5.91 Å². The van der Waals surface area contributed by atoms with Crippen LogP contribution in [0.3, 0.4) is 0 Å². The molecule has 2 aliphatic rings. The minimum atomic E-state index is -0.0592. The summed E-state index contributed by atoms with van der Waals surface area (Å²) in [6.45, 7) is 3.27. The second-order valence-electron chi connectivity index (χ2n) is 5.87. The Kier molecular flexibility index (Phi) is 4.01. The van der Waals surface area contributed by atoms with Crippen LogP contribution in [-0.2, 0) is 17.6 Å². The number of pyridine rings is 1. The van der Waals surface area contributed by atoms with E-state index in [1.165, 1.54) is 16.9 Å². The number of nitrogens with one attached hydrogen (secondary N) is 1. The van der Waals surface area contributed by atoms with Crippen molar-refractivity contribution in [3.8, 4) is 0 Å². The first-order valence-corrected chi connectivity index (χ1v) is 8.83. The second-order valence-corrected chi connectivity index (χ2v) is 7.00. The molecule has 1 N–H and O–H groups in total. The summed E-state index contributed by atoms with van der Waals surface area (Å²) in [5.74, 6) is 0.539. The summed E-state index contributed by atoms with van der Waals surface area (Å²) in [6.07, 6.45) is 5.24.